The molecule has 1 aliphatic heterocycles. The fourth-order valence-corrected chi connectivity index (χ4v) is 3.57. The van der Waals surface area contributed by atoms with Crippen LogP contribution in [0.3, 0.4) is 0 Å². The molecule has 1 aromatic carbocycles. The zero-order valence-electron chi connectivity index (χ0n) is 10.4. The molecule has 0 N–H and O–H groups in total. The Balaban J connectivity index is 1.74. The van der Waals surface area contributed by atoms with Gasteiger partial charge in [-0.3, -0.25) is 4.79 Å². The molecule has 1 saturated carbocycles. The number of likely N-dealkylation sites (tertiary alicyclic amines) is 1. The van der Waals surface area contributed by atoms with Gasteiger partial charge in [-0.2, -0.15) is 0 Å². The molecule has 0 spiro atoms. The van der Waals surface area contributed by atoms with Crippen LogP contribution in [0.2, 0.25) is 5.02 Å². The number of nitrogens with zero attached hydrogens (tertiary/aromatic N) is 1. The molecule has 3 heteroatoms. The van der Waals surface area contributed by atoms with Crippen molar-refractivity contribution in [2.24, 2.45) is 11.8 Å². The normalized spacial score (nSPS) is 27.1. The minimum Gasteiger partial charge on any atom is -0.338 e. The second kappa shape index (κ2) is 4.93. The number of benzene rings is 1. The van der Waals surface area contributed by atoms with Gasteiger partial charge in [0.05, 0.1) is 0 Å². The monoisotopic (exact) mass is 263 g/mol. The Labute approximate surface area is 113 Å². The Morgan fingerprint density at radius 3 is 2.44 bits per heavy atom. The van der Waals surface area contributed by atoms with Crippen molar-refractivity contribution in [3.63, 3.8) is 0 Å². The van der Waals surface area contributed by atoms with E-state index in [1.54, 1.807) is 6.07 Å². The summed E-state index contributed by atoms with van der Waals surface area (Å²) in [6.07, 6.45) is 5.26. The first-order valence-electron chi connectivity index (χ1n) is 6.79. The first-order valence-corrected chi connectivity index (χ1v) is 7.16. The quantitative estimate of drug-likeness (QED) is 0.758. The van der Waals surface area contributed by atoms with Crippen molar-refractivity contribution in [1.82, 2.24) is 4.90 Å². The van der Waals surface area contributed by atoms with Gasteiger partial charge in [-0.1, -0.05) is 30.5 Å². The smallest absolute Gasteiger partial charge is 0.253 e. The van der Waals surface area contributed by atoms with E-state index in [-0.39, 0.29) is 5.91 Å². The van der Waals surface area contributed by atoms with Crippen molar-refractivity contribution in [2.45, 2.75) is 25.7 Å². The summed E-state index contributed by atoms with van der Waals surface area (Å²) in [5.41, 5.74) is 0.723. The highest BCUT2D eigenvalue weighted by Crippen LogP contribution is 2.36. The number of carbonyl (C=O) groups is 1. The Hall–Kier alpha value is -1.02. The topological polar surface area (TPSA) is 20.3 Å². The number of hydrogen-bond donors (Lipinski definition) is 0. The maximum Gasteiger partial charge on any atom is 0.253 e. The summed E-state index contributed by atoms with van der Waals surface area (Å²) in [5.74, 6) is 1.62. The van der Waals surface area contributed by atoms with E-state index in [9.17, 15) is 4.79 Å². The second-order valence-electron chi connectivity index (χ2n) is 5.53. The van der Waals surface area contributed by atoms with Gasteiger partial charge in [-0.15, -0.1) is 0 Å². The number of halogens is 1. The molecule has 1 saturated heterocycles. The van der Waals surface area contributed by atoms with Crippen LogP contribution >= 0.6 is 11.6 Å². The van der Waals surface area contributed by atoms with Crippen molar-refractivity contribution < 1.29 is 4.79 Å². The standard InChI is InChI=1S/C15H18ClNO/c16-14-7-3-6-11(8-14)15(18)17-9-12-4-1-2-5-13(12)10-17/h3,6-8,12-13H,1-2,4-5,9-10H2. The third kappa shape index (κ3) is 2.26. The number of amides is 1. The third-order valence-electron chi connectivity index (χ3n) is 4.34. The lowest BCUT2D eigenvalue weighted by Gasteiger charge is -2.22. The zero-order chi connectivity index (χ0) is 12.5. The predicted molar refractivity (Wildman–Crippen MR) is 72.8 cm³/mol. The zero-order valence-corrected chi connectivity index (χ0v) is 11.2. The molecule has 96 valence electrons. The van der Waals surface area contributed by atoms with Crippen LogP contribution < -0.4 is 0 Å². The molecule has 0 aromatic heterocycles. The van der Waals surface area contributed by atoms with Crippen LogP contribution in [0.5, 0.6) is 0 Å². The van der Waals surface area contributed by atoms with Crippen molar-refractivity contribution in [2.75, 3.05) is 13.1 Å². The Morgan fingerprint density at radius 2 is 1.83 bits per heavy atom. The summed E-state index contributed by atoms with van der Waals surface area (Å²) < 4.78 is 0. The SMILES string of the molecule is O=C(c1cccc(Cl)c1)N1CC2CCCCC2C1. The summed E-state index contributed by atoms with van der Waals surface area (Å²) in [6, 6.07) is 7.28. The first kappa shape index (κ1) is 12.0. The van der Waals surface area contributed by atoms with E-state index in [2.05, 4.69) is 0 Å². The number of fused-ring (bicyclic) bond motifs is 1. The van der Waals surface area contributed by atoms with Crippen molar-refractivity contribution >= 4 is 17.5 Å². The van der Waals surface area contributed by atoms with Crippen LogP contribution in [0.25, 0.3) is 0 Å². The number of carbonyl (C=O) groups excluding carboxylic acids is 1. The Kier molecular flexibility index (Phi) is 3.29. The lowest BCUT2D eigenvalue weighted by atomic mass is 9.82. The molecule has 0 radical (unpaired) electrons. The van der Waals surface area contributed by atoms with E-state index >= 15 is 0 Å². The lowest BCUT2D eigenvalue weighted by Crippen LogP contribution is -2.28. The minimum atomic E-state index is 0.145. The van der Waals surface area contributed by atoms with E-state index in [1.165, 1.54) is 25.7 Å². The number of rotatable bonds is 1. The second-order valence-corrected chi connectivity index (χ2v) is 5.96. The summed E-state index contributed by atoms with van der Waals surface area (Å²) in [7, 11) is 0. The van der Waals surface area contributed by atoms with Crippen LogP contribution in [0, 0.1) is 11.8 Å². The van der Waals surface area contributed by atoms with E-state index in [1.807, 2.05) is 23.1 Å². The van der Waals surface area contributed by atoms with Gasteiger partial charge < -0.3 is 4.90 Å². The lowest BCUT2D eigenvalue weighted by molar-refractivity contribution is 0.0784. The molecule has 2 atom stereocenters. The fourth-order valence-electron chi connectivity index (χ4n) is 3.38. The van der Waals surface area contributed by atoms with Crippen LogP contribution in [0.15, 0.2) is 24.3 Å². The summed E-state index contributed by atoms with van der Waals surface area (Å²) in [6.45, 7) is 1.88. The summed E-state index contributed by atoms with van der Waals surface area (Å²) in [5, 5.41) is 0.637. The van der Waals surface area contributed by atoms with E-state index in [0.29, 0.717) is 5.02 Å². The maximum atomic E-state index is 12.4. The van der Waals surface area contributed by atoms with Gasteiger partial charge in [-0.05, 0) is 42.9 Å². The van der Waals surface area contributed by atoms with E-state index in [4.69, 9.17) is 11.6 Å². The molecular formula is C15H18ClNO. The van der Waals surface area contributed by atoms with Crippen molar-refractivity contribution in [3.05, 3.63) is 34.9 Å². The summed E-state index contributed by atoms with van der Waals surface area (Å²) in [4.78, 5) is 14.4. The van der Waals surface area contributed by atoms with E-state index < -0.39 is 0 Å². The fraction of sp³-hybridized carbons (Fsp3) is 0.533. The Bertz CT molecular complexity index is 446. The highest BCUT2D eigenvalue weighted by Gasteiger charge is 2.36. The number of hydrogen-bond acceptors (Lipinski definition) is 1. The molecule has 2 nitrogen and oxygen atoms in total. The molecule has 2 fully saturated rings. The largest absolute Gasteiger partial charge is 0.338 e. The molecule has 1 amide bonds. The van der Waals surface area contributed by atoms with Crippen LogP contribution in [0.1, 0.15) is 36.0 Å². The van der Waals surface area contributed by atoms with Gasteiger partial charge >= 0.3 is 0 Å². The third-order valence-corrected chi connectivity index (χ3v) is 4.57. The van der Waals surface area contributed by atoms with Gasteiger partial charge in [0.15, 0.2) is 0 Å². The molecule has 1 heterocycles. The Morgan fingerprint density at radius 1 is 1.17 bits per heavy atom. The molecule has 0 bridgehead atoms. The summed E-state index contributed by atoms with van der Waals surface area (Å²) >= 11 is 5.95. The molecule has 2 aliphatic rings. The van der Waals surface area contributed by atoms with Gasteiger partial charge in [0.2, 0.25) is 0 Å². The van der Waals surface area contributed by atoms with E-state index in [0.717, 1.165) is 30.5 Å². The highest BCUT2D eigenvalue weighted by molar-refractivity contribution is 6.30. The molecule has 2 unspecified atom stereocenters. The molecular weight excluding hydrogens is 246 g/mol. The first-order chi connectivity index (χ1) is 8.74. The predicted octanol–water partition coefficient (Wildman–Crippen LogP) is 3.60. The molecule has 1 aliphatic carbocycles. The van der Waals surface area contributed by atoms with Crippen molar-refractivity contribution in [1.29, 1.82) is 0 Å². The van der Waals surface area contributed by atoms with Crippen LogP contribution in [-0.4, -0.2) is 23.9 Å². The van der Waals surface area contributed by atoms with Crippen molar-refractivity contribution in [3.8, 4) is 0 Å². The average Bonchev–Trinajstić information content (AvgIpc) is 2.81. The van der Waals surface area contributed by atoms with Gasteiger partial charge in [-0.25, -0.2) is 0 Å². The minimum absolute atomic E-state index is 0.145. The molecule has 1 aromatic rings. The van der Waals surface area contributed by atoms with Gasteiger partial charge in [0.1, 0.15) is 0 Å². The van der Waals surface area contributed by atoms with Crippen LogP contribution in [0.4, 0.5) is 0 Å². The maximum absolute atomic E-state index is 12.4. The van der Waals surface area contributed by atoms with Gasteiger partial charge in [0.25, 0.3) is 5.91 Å². The molecule has 3 rings (SSSR count). The average molecular weight is 264 g/mol. The molecule has 18 heavy (non-hydrogen) atoms. The highest BCUT2D eigenvalue weighted by atomic mass is 35.5. The van der Waals surface area contributed by atoms with Gasteiger partial charge in [0, 0.05) is 23.7 Å². The van der Waals surface area contributed by atoms with Crippen LogP contribution in [-0.2, 0) is 0 Å².